The maximum absolute atomic E-state index is 7.59. The van der Waals surface area contributed by atoms with Gasteiger partial charge in [0.25, 0.3) is 0 Å². The zero-order chi connectivity index (χ0) is 15.2. The fourth-order valence-corrected chi connectivity index (χ4v) is 2.09. The van der Waals surface area contributed by atoms with E-state index in [1.807, 2.05) is 30.3 Å². The highest BCUT2D eigenvalue weighted by molar-refractivity contribution is 9.10. The molecule has 0 aromatic heterocycles. The molecule has 0 spiro atoms. The van der Waals surface area contributed by atoms with Crippen molar-refractivity contribution in [3.63, 3.8) is 0 Å². The maximum Gasteiger partial charge on any atom is 0.139 e. The average molecular weight is 349 g/mol. The van der Waals surface area contributed by atoms with Crippen LogP contribution in [0.5, 0.6) is 17.2 Å². The summed E-state index contributed by atoms with van der Waals surface area (Å²) in [5.74, 6) is 1.99. The minimum Gasteiger partial charge on any atom is -0.494 e. The fraction of sp³-hybridized carbons (Fsp3) is 0.188. The van der Waals surface area contributed by atoms with Crippen molar-refractivity contribution in [1.82, 2.24) is 0 Å². The third kappa shape index (κ3) is 4.23. The van der Waals surface area contributed by atoms with Crippen molar-refractivity contribution in [2.45, 2.75) is 13.3 Å². The molecule has 0 aliphatic heterocycles. The first-order valence-corrected chi connectivity index (χ1v) is 7.44. The Labute approximate surface area is 132 Å². The predicted octanol–water partition coefficient (Wildman–Crippen LogP) is 4.31. The molecular formula is C16H17BrN2O2. The maximum atomic E-state index is 7.59. The third-order valence-corrected chi connectivity index (χ3v) is 3.25. The van der Waals surface area contributed by atoms with Gasteiger partial charge in [-0.1, -0.05) is 22.9 Å². The van der Waals surface area contributed by atoms with Crippen molar-refractivity contribution >= 4 is 21.8 Å². The Balaban J connectivity index is 2.18. The van der Waals surface area contributed by atoms with Crippen LogP contribution < -0.4 is 15.2 Å². The first kappa shape index (κ1) is 15.4. The van der Waals surface area contributed by atoms with E-state index < -0.39 is 0 Å². The molecule has 0 aliphatic carbocycles. The number of nitrogens with one attached hydrogen (secondary N) is 1. The van der Waals surface area contributed by atoms with Gasteiger partial charge in [-0.15, -0.1) is 0 Å². The van der Waals surface area contributed by atoms with Crippen molar-refractivity contribution < 1.29 is 9.47 Å². The summed E-state index contributed by atoms with van der Waals surface area (Å²) >= 11 is 3.39. The molecule has 3 N–H and O–H groups in total. The molecule has 0 radical (unpaired) electrons. The Morgan fingerprint density at radius 1 is 1.14 bits per heavy atom. The number of hydrogen-bond donors (Lipinski definition) is 2. The first-order valence-electron chi connectivity index (χ1n) is 6.65. The van der Waals surface area contributed by atoms with E-state index >= 15 is 0 Å². The molecule has 0 unspecified atom stereocenters. The van der Waals surface area contributed by atoms with Crippen LogP contribution in [0.4, 0.5) is 0 Å². The monoisotopic (exact) mass is 348 g/mol. The number of amidine groups is 1. The molecule has 0 bridgehead atoms. The molecule has 0 aliphatic rings. The van der Waals surface area contributed by atoms with Crippen LogP contribution in [0.1, 0.15) is 18.9 Å². The molecule has 0 saturated heterocycles. The Morgan fingerprint density at radius 3 is 2.43 bits per heavy atom. The quantitative estimate of drug-likeness (QED) is 0.603. The van der Waals surface area contributed by atoms with E-state index in [9.17, 15) is 0 Å². The van der Waals surface area contributed by atoms with E-state index in [4.69, 9.17) is 20.6 Å². The third-order valence-electron chi connectivity index (χ3n) is 2.76. The lowest BCUT2D eigenvalue weighted by atomic mass is 10.2. The summed E-state index contributed by atoms with van der Waals surface area (Å²) in [6.45, 7) is 2.76. The number of halogens is 1. The lowest BCUT2D eigenvalue weighted by Gasteiger charge is -2.11. The number of nitrogen functional groups attached to an aromatic ring is 1. The fourth-order valence-electron chi connectivity index (χ4n) is 1.75. The molecule has 5 heteroatoms. The standard InChI is InChI=1S/C16H17BrN2O2/c1-2-9-20-12-4-6-13(7-5-12)21-15-10-11(17)3-8-14(15)16(18)19/h3-8,10H,2,9H2,1H3,(H3,18,19). The topological polar surface area (TPSA) is 68.3 Å². The smallest absolute Gasteiger partial charge is 0.139 e. The summed E-state index contributed by atoms with van der Waals surface area (Å²) in [4.78, 5) is 0. The molecule has 0 saturated carbocycles. The van der Waals surface area contributed by atoms with Gasteiger partial charge in [-0.2, -0.15) is 0 Å². The molecule has 2 aromatic carbocycles. The van der Waals surface area contributed by atoms with Gasteiger partial charge in [0.15, 0.2) is 0 Å². The van der Waals surface area contributed by atoms with Gasteiger partial charge in [-0.25, -0.2) is 0 Å². The van der Waals surface area contributed by atoms with Crippen molar-refractivity contribution in [3.05, 3.63) is 52.5 Å². The van der Waals surface area contributed by atoms with Gasteiger partial charge in [0, 0.05) is 4.47 Å². The van der Waals surface area contributed by atoms with Crippen LogP contribution >= 0.6 is 15.9 Å². The minimum absolute atomic E-state index is 0.0274. The number of hydrogen-bond acceptors (Lipinski definition) is 3. The summed E-state index contributed by atoms with van der Waals surface area (Å²) in [7, 11) is 0. The van der Waals surface area contributed by atoms with E-state index in [0.29, 0.717) is 23.7 Å². The Hall–Kier alpha value is -2.01. The normalized spacial score (nSPS) is 10.2. The average Bonchev–Trinajstić information content (AvgIpc) is 2.46. The molecule has 21 heavy (non-hydrogen) atoms. The lowest BCUT2D eigenvalue weighted by Crippen LogP contribution is -2.12. The highest BCUT2D eigenvalue weighted by Gasteiger charge is 2.08. The van der Waals surface area contributed by atoms with Gasteiger partial charge in [0.1, 0.15) is 23.1 Å². The molecule has 0 fully saturated rings. The van der Waals surface area contributed by atoms with Crippen LogP contribution in [0, 0.1) is 5.41 Å². The Kier molecular flexibility index (Phi) is 5.22. The highest BCUT2D eigenvalue weighted by Crippen LogP contribution is 2.29. The van der Waals surface area contributed by atoms with E-state index in [-0.39, 0.29) is 5.84 Å². The number of rotatable bonds is 6. The van der Waals surface area contributed by atoms with Crippen molar-refractivity contribution in [3.8, 4) is 17.2 Å². The van der Waals surface area contributed by atoms with Crippen molar-refractivity contribution in [1.29, 1.82) is 5.41 Å². The summed E-state index contributed by atoms with van der Waals surface area (Å²) in [6, 6.07) is 12.7. The van der Waals surface area contributed by atoms with Gasteiger partial charge >= 0.3 is 0 Å². The van der Waals surface area contributed by atoms with Crippen LogP contribution in [0.25, 0.3) is 0 Å². The van der Waals surface area contributed by atoms with E-state index in [0.717, 1.165) is 16.6 Å². The van der Waals surface area contributed by atoms with Crippen LogP contribution in [0.2, 0.25) is 0 Å². The molecule has 2 rings (SSSR count). The van der Waals surface area contributed by atoms with Gasteiger partial charge in [-0.3, -0.25) is 5.41 Å². The largest absolute Gasteiger partial charge is 0.494 e. The Bertz CT molecular complexity index is 627. The summed E-state index contributed by atoms with van der Waals surface area (Å²) in [5, 5.41) is 7.59. The van der Waals surface area contributed by atoms with Gasteiger partial charge < -0.3 is 15.2 Å². The van der Waals surface area contributed by atoms with Crippen LogP contribution in [0.15, 0.2) is 46.9 Å². The van der Waals surface area contributed by atoms with E-state index in [1.54, 1.807) is 12.1 Å². The highest BCUT2D eigenvalue weighted by atomic mass is 79.9. The van der Waals surface area contributed by atoms with Gasteiger partial charge in [0.05, 0.1) is 12.2 Å². The summed E-state index contributed by atoms with van der Waals surface area (Å²) in [5.41, 5.74) is 6.12. The van der Waals surface area contributed by atoms with Crippen LogP contribution in [0.3, 0.4) is 0 Å². The molecular weight excluding hydrogens is 332 g/mol. The molecule has 0 amide bonds. The second-order valence-electron chi connectivity index (χ2n) is 4.48. The summed E-state index contributed by atoms with van der Waals surface area (Å²) in [6.07, 6.45) is 0.971. The van der Waals surface area contributed by atoms with Crippen LogP contribution in [-0.2, 0) is 0 Å². The van der Waals surface area contributed by atoms with E-state index in [1.165, 1.54) is 0 Å². The zero-order valence-electron chi connectivity index (χ0n) is 11.7. The number of nitrogens with two attached hydrogens (primary N) is 1. The lowest BCUT2D eigenvalue weighted by molar-refractivity contribution is 0.317. The molecule has 2 aromatic rings. The number of ether oxygens (including phenoxy) is 2. The molecule has 0 heterocycles. The number of benzene rings is 2. The SMILES string of the molecule is CCCOc1ccc(Oc2cc(Br)ccc2C(=N)N)cc1. The van der Waals surface area contributed by atoms with Gasteiger partial charge in [-0.05, 0) is 48.9 Å². The predicted molar refractivity (Wildman–Crippen MR) is 87.5 cm³/mol. The molecule has 0 atom stereocenters. The second-order valence-corrected chi connectivity index (χ2v) is 5.39. The molecule has 4 nitrogen and oxygen atoms in total. The Morgan fingerprint density at radius 2 is 1.81 bits per heavy atom. The van der Waals surface area contributed by atoms with Crippen LogP contribution in [-0.4, -0.2) is 12.4 Å². The first-order chi connectivity index (χ1) is 10.1. The minimum atomic E-state index is -0.0274. The van der Waals surface area contributed by atoms with Crippen molar-refractivity contribution in [2.24, 2.45) is 5.73 Å². The summed E-state index contributed by atoms with van der Waals surface area (Å²) < 4.78 is 12.2. The zero-order valence-corrected chi connectivity index (χ0v) is 13.3. The molecule has 110 valence electrons. The van der Waals surface area contributed by atoms with E-state index in [2.05, 4.69) is 22.9 Å². The van der Waals surface area contributed by atoms with Gasteiger partial charge in [0.2, 0.25) is 0 Å². The second kappa shape index (κ2) is 7.13. The van der Waals surface area contributed by atoms with Crippen molar-refractivity contribution in [2.75, 3.05) is 6.61 Å².